The van der Waals surface area contributed by atoms with Crippen molar-refractivity contribution in [2.24, 2.45) is 0 Å². The molecule has 0 radical (unpaired) electrons. The molecule has 2 aromatic carbocycles. The molecule has 3 rings (SSSR count). The first kappa shape index (κ1) is 14.2. The van der Waals surface area contributed by atoms with Gasteiger partial charge >= 0.3 is 0 Å². The van der Waals surface area contributed by atoms with Crippen LogP contribution < -0.4 is 4.90 Å². The monoisotopic (exact) mass is 299 g/mol. The van der Waals surface area contributed by atoms with Gasteiger partial charge < -0.3 is 0 Å². The molecule has 108 valence electrons. The number of hydrogen-bond donors (Lipinski definition) is 0. The van der Waals surface area contributed by atoms with Crippen LogP contribution in [0.5, 0.6) is 0 Å². The summed E-state index contributed by atoms with van der Waals surface area (Å²) in [7, 11) is 0. The molecule has 2 aromatic rings. The predicted molar refractivity (Wildman–Crippen MR) is 87.4 cm³/mol. The maximum absolute atomic E-state index is 12.8. The van der Waals surface area contributed by atoms with Crippen LogP contribution in [0, 0.1) is 0 Å². The van der Waals surface area contributed by atoms with Crippen LogP contribution >= 0.6 is 11.6 Å². The van der Waals surface area contributed by atoms with Gasteiger partial charge in [0.25, 0.3) is 0 Å². The quantitative estimate of drug-likeness (QED) is 0.775. The SMILES string of the molecule is CCc1ccc(N2C(=O)C(C)(C)c3cc(Cl)ccc32)cc1. The molecule has 1 aliphatic heterocycles. The van der Waals surface area contributed by atoms with E-state index in [4.69, 9.17) is 11.6 Å². The van der Waals surface area contributed by atoms with Crippen molar-refractivity contribution in [2.75, 3.05) is 4.90 Å². The predicted octanol–water partition coefficient (Wildman–Crippen LogP) is 4.86. The number of carbonyl (C=O) groups is 1. The highest BCUT2D eigenvalue weighted by molar-refractivity contribution is 6.31. The molecule has 0 saturated heterocycles. The first-order chi connectivity index (χ1) is 9.95. The van der Waals surface area contributed by atoms with Gasteiger partial charge in [0.15, 0.2) is 0 Å². The van der Waals surface area contributed by atoms with E-state index in [0.29, 0.717) is 5.02 Å². The van der Waals surface area contributed by atoms with Crippen molar-refractivity contribution in [2.45, 2.75) is 32.6 Å². The van der Waals surface area contributed by atoms with Gasteiger partial charge in [0.2, 0.25) is 5.91 Å². The fourth-order valence-corrected chi connectivity index (χ4v) is 3.02. The molecule has 2 nitrogen and oxygen atoms in total. The van der Waals surface area contributed by atoms with Crippen molar-refractivity contribution < 1.29 is 4.79 Å². The Morgan fingerprint density at radius 1 is 1.10 bits per heavy atom. The molecule has 0 fully saturated rings. The normalized spacial score (nSPS) is 16.2. The highest BCUT2D eigenvalue weighted by atomic mass is 35.5. The lowest BCUT2D eigenvalue weighted by atomic mass is 9.86. The Bertz CT molecular complexity index is 704. The highest BCUT2D eigenvalue weighted by Crippen LogP contribution is 2.46. The average Bonchev–Trinajstić information content (AvgIpc) is 2.67. The topological polar surface area (TPSA) is 20.3 Å². The van der Waals surface area contributed by atoms with E-state index in [9.17, 15) is 4.79 Å². The first-order valence-corrected chi connectivity index (χ1v) is 7.56. The van der Waals surface area contributed by atoms with Gasteiger partial charge in [0, 0.05) is 10.7 Å². The Kier molecular flexibility index (Phi) is 3.29. The van der Waals surface area contributed by atoms with Gasteiger partial charge in [-0.3, -0.25) is 9.69 Å². The number of hydrogen-bond acceptors (Lipinski definition) is 1. The Morgan fingerprint density at radius 3 is 2.38 bits per heavy atom. The fourth-order valence-electron chi connectivity index (χ4n) is 2.85. The van der Waals surface area contributed by atoms with Crippen LogP contribution in [0.2, 0.25) is 5.02 Å². The van der Waals surface area contributed by atoms with Gasteiger partial charge in [-0.05, 0) is 61.7 Å². The van der Waals surface area contributed by atoms with Crippen molar-refractivity contribution in [3.8, 4) is 0 Å². The molecule has 0 spiro atoms. The summed E-state index contributed by atoms with van der Waals surface area (Å²) in [6.45, 7) is 6.02. The molecule has 0 N–H and O–H groups in total. The summed E-state index contributed by atoms with van der Waals surface area (Å²) in [4.78, 5) is 14.6. The molecule has 0 unspecified atom stereocenters. The minimum Gasteiger partial charge on any atom is -0.280 e. The maximum atomic E-state index is 12.8. The molecule has 1 amide bonds. The lowest BCUT2D eigenvalue weighted by Gasteiger charge is -2.20. The summed E-state index contributed by atoms with van der Waals surface area (Å²) >= 11 is 6.10. The van der Waals surface area contributed by atoms with Gasteiger partial charge in [-0.2, -0.15) is 0 Å². The van der Waals surface area contributed by atoms with E-state index in [-0.39, 0.29) is 5.91 Å². The third-order valence-corrected chi connectivity index (χ3v) is 4.45. The van der Waals surface area contributed by atoms with E-state index in [2.05, 4.69) is 19.1 Å². The van der Waals surface area contributed by atoms with Crippen LogP contribution in [-0.2, 0) is 16.6 Å². The van der Waals surface area contributed by atoms with E-state index in [1.165, 1.54) is 5.56 Å². The van der Waals surface area contributed by atoms with Gasteiger partial charge in [-0.1, -0.05) is 30.7 Å². The first-order valence-electron chi connectivity index (χ1n) is 7.18. The molecule has 1 aliphatic rings. The van der Waals surface area contributed by atoms with Crippen molar-refractivity contribution in [3.63, 3.8) is 0 Å². The van der Waals surface area contributed by atoms with Crippen LogP contribution in [0.3, 0.4) is 0 Å². The summed E-state index contributed by atoms with van der Waals surface area (Å²) in [5.74, 6) is 0.0871. The Labute approximate surface area is 130 Å². The number of benzene rings is 2. The van der Waals surface area contributed by atoms with Crippen LogP contribution in [0.15, 0.2) is 42.5 Å². The molecule has 0 atom stereocenters. The van der Waals surface area contributed by atoms with Crippen molar-refractivity contribution >= 4 is 28.9 Å². The molecule has 0 saturated carbocycles. The molecular formula is C18H18ClNO. The third-order valence-electron chi connectivity index (χ3n) is 4.21. The van der Waals surface area contributed by atoms with Crippen LogP contribution in [-0.4, -0.2) is 5.91 Å². The minimum absolute atomic E-state index is 0.0871. The van der Waals surface area contributed by atoms with Gasteiger partial charge in [0.1, 0.15) is 0 Å². The number of carbonyl (C=O) groups excluding carboxylic acids is 1. The average molecular weight is 300 g/mol. The number of halogens is 1. The highest BCUT2D eigenvalue weighted by Gasteiger charge is 2.44. The van der Waals surface area contributed by atoms with Crippen molar-refractivity contribution in [1.82, 2.24) is 0 Å². The second kappa shape index (κ2) is 4.88. The van der Waals surface area contributed by atoms with E-state index < -0.39 is 5.41 Å². The number of aryl methyl sites for hydroxylation is 1. The van der Waals surface area contributed by atoms with E-state index >= 15 is 0 Å². The molecule has 0 bridgehead atoms. The zero-order valence-corrected chi connectivity index (χ0v) is 13.2. The molecule has 0 aliphatic carbocycles. The third kappa shape index (κ3) is 2.14. The van der Waals surface area contributed by atoms with Crippen molar-refractivity contribution in [1.29, 1.82) is 0 Å². The minimum atomic E-state index is -0.552. The molecule has 1 heterocycles. The van der Waals surface area contributed by atoms with Crippen LogP contribution in [0.1, 0.15) is 31.9 Å². The number of fused-ring (bicyclic) bond motifs is 1. The smallest absolute Gasteiger partial charge is 0.241 e. The molecule has 3 heteroatoms. The van der Waals surface area contributed by atoms with Crippen LogP contribution in [0.4, 0.5) is 11.4 Å². The number of amides is 1. The van der Waals surface area contributed by atoms with Crippen LogP contribution in [0.25, 0.3) is 0 Å². The summed E-state index contributed by atoms with van der Waals surface area (Å²) in [5, 5.41) is 0.665. The van der Waals surface area contributed by atoms with E-state index in [0.717, 1.165) is 23.4 Å². The molecular weight excluding hydrogens is 282 g/mol. The second-order valence-corrected chi connectivity index (χ2v) is 6.38. The summed E-state index contributed by atoms with van der Waals surface area (Å²) in [5.41, 5.74) is 3.54. The lowest BCUT2D eigenvalue weighted by molar-refractivity contribution is -0.121. The van der Waals surface area contributed by atoms with Crippen molar-refractivity contribution in [3.05, 3.63) is 58.6 Å². The fraction of sp³-hybridized carbons (Fsp3) is 0.278. The zero-order valence-electron chi connectivity index (χ0n) is 12.5. The number of anilines is 2. The summed E-state index contributed by atoms with van der Waals surface area (Å²) in [6.07, 6.45) is 0.992. The van der Waals surface area contributed by atoms with E-state index in [1.54, 1.807) is 4.90 Å². The maximum Gasteiger partial charge on any atom is 0.241 e. The largest absolute Gasteiger partial charge is 0.280 e. The second-order valence-electron chi connectivity index (χ2n) is 5.95. The standard InChI is InChI=1S/C18H18ClNO/c1-4-12-5-8-14(9-6-12)20-16-10-7-13(19)11-15(16)18(2,3)17(20)21/h5-11H,4H2,1-3H3. The summed E-state index contributed by atoms with van der Waals surface area (Å²) < 4.78 is 0. The Balaban J connectivity index is 2.13. The zero-order chi connectivity index (χ0) is 15.2. The van der Waals surface area contributed by atoms with E-state index in [1.807, 2.05) is 44.2 Å². The number of nitrogens with zero attached hydrogens (tertiary/aromatic N) is 1. The van der Waals surface area contributed by atoms with Gasteiger partial charge in [0.05, 0.1) is 11.1 Å². The van der Waals surface area contributed by atoms with Gasteiger partial charge in [-0.25, -0.2) is 0 Å². The summed E-state index contributed by atoms with van der Waals surface area (Å²) in [6, 6.07) is 13.8. The Morgan fingerprint density at radius 2 is 1.76 bits per heavy atom. The number of rotatable bonds is 2. The molecule has 21 heavy (non-hydrogen) atoms. The lowest BCUT2D eigenvalue weighted by Crippen LogP contribution is -2.33. The Hall–Kier alpha value is -1.80. The van der Waals surface area contributed by atoms with Gasteiger partial charge in [-0.15, -0.1) is 0 Å². The molecule has 0 aromatic heterocycles.